The molecule has 0 fully saturated rings. The SMILES string of the molecule is CCOc1ccc(NC(=O)CSc2nc3ccccc3c(=O)n2-c2ccccc2Cl)cc1. The van der Waals surface area contributed by atoms with E-state index in [2.05, 4.69) is 10.3 Å². The molecule has 0 aliphatic carbocycles. The van der Waals surface area contributed by atoms with Crippen molar-refractivity contribution in [2.45, 2.75) is 12.1 Å². The molecule has 0 saturated heterocycles. The molecule has 6 nitrogen and oxygen atoms in total. The minimum absolute atomic E-state index is 0.0719. The van der Waals surface area contributed by atoms with Crippen LogP contribution in [0.3, 0.4) is 0 Å². The Labute approximate surface area is 194 Å². The van der Waals surface area contributed by atoms with Crippen LogP contribution < -0.4 is 15.6 Å². The van der Waals surface area contributed by atoms with E-state index in [-0.39, 0.29) is 17.2 Å². The van der Waals surface area contributed by atoms with E-state index in [9.17, 15) is 9.59 Å². The number of benzene rings is 3. The maximum Gasteiger partial charge on any atom is 0.266 e. The van der Waals surface area contributed by atoms with Crippen molar-refractivity contribution in [3.8, 4) is 11.4 Å². The Kier molecular flexibility index (Phi) is 6.78. The van der Waals surface area contributed by atoms with Gasteiger partial charge in [-0.15, -0.1) is 0 Å². The molecule has 0 atom stereocenters. The fraction of sp³-hybridized carbons (Fsp3) is 0.125. The van der Waals surface area contributed by atoms with E-state index < -0.39 is 0 Å². The Morgan fingerprint density at radius 1 is 1.06 bits per heavy atom. The smallest absolute Gasteiger partial charge is 0.266 e. The first kappa shape index (κ1) is 21.9. The summed E-state index contributed by atoms with van der Waals surface area (Å²) in [6.45, 7) is 2.49. The quantitative estimate of drug-likeness (QED) is 0.301. The molecule has 162 valence electrons. The topological polar surface area (TPSA) is 73.2 Å². The van der Waals surface area contributed by atoms with Gasteiger partial charge >= 0.3 is 0 Å². The van der Waals surface area contributed by atoms with Crippen LogP contribution >= 0.6 is 23.4 Å². The fourth-order valence-electron chi connectivity index (χ4n) is 3.18. The van der Waals surface area contributed by atoms with Gasteiger partial charge in [0.2, 0.25) is 5.91 Å². The Hall–Kier alpha value is -3.29. The largest absolute Gasteiger partial charge is 0.494 e. The van der Waals surface area contributed by atoms with Crippen molar-refractivity contribution >= 4 is 45.9 Å². The van der Waals surface area contributed by atoms with Gasteiger partial charge in [0, 0.05) is 5.69 Å². The Balaban J connectivity index is 1.61. The maximum atomic E-state index is 13.3. The minimum Gasteiger partial charge on any atom is -0.494 e. The summed E-state index contributed by atoms with van der Waals surface area (Å²) in [6.07, 6.45) is 0. The van der Waals surface area contributed by atoms with Crippen molar-refractivity contribution in [3.05, 3.63) is 88.2 Å². The van der Waals surface area contributed by atoms with Crippen LogP contribution in [0, 0.1) is 0 Å². The van der Waals surface area contributed by atoms with Gasteiger partial charge in [-0.2, -0.15) is 0 Å². The first-order valence-electron chi connectivity index (χ1n) is 9.99. The van der Waals surface area contributed by atoms with Crippen molar-refractivity contribution in [1.29, 1.82) is 0 Å². The molecule has 0 radical (unpaired) electrons. The van der Waals surface area contributed by atoms with Gasteiger partial charge in [0.1, 0.15) is 5.75 Å². The van der Waals surface area contributed by atoms with E-state index in [0.717, 1.165) is 5.75 Å². The highest BCUT2D eigenvalue weighted by atomic mass is 35.5. The number of halogens is 1. The highest BCUT2D eigenvalue weighted by Gasteiger charge is 2.16. The third-order valence-electron chi connectivity index (χ3n) is 4.62. The molecule has 1 heterocycles. The van der Waals surface area contributed by atoms with E-state index >= 15 is 0 Å². The molecule has 4 rings (SSSR count). The zero-order chi connectivity index (χ0) is 22.5. The number of nitrogens with one attached hydrogen (secondary N) is 1. The van der Waals surface area contributed by atoms with E-state index in [1.165, 1.54) is 16.3 Å². The number of para-hydroxylation sites is 2. The van der Waals surface area contributed by atoms with Gasteiger partial charge in [0.05, 0.1) is 34.0 Å². The minimum atomic E-state index is -0.238. The average Bonchev–Trinajstić information content (AvgIpc) is 2.80. The molecule has 3 aromatic carbocycles. The zero-order valence-electron chi connectivity index (χ0n) is 17.2. The predicted octanol–water partition coefficient (Wildman–Crippen LogP) is 5.17. The molecular formula is C24H20ClN3O3S. The lowest BCUT2D eigenvalue weighted by Gasteiger charge is -2.14. The number of anilines is 1. The van der Waals surface area contributed by atoms with Crippen molar-refractivity contribution in [2.24, 2.45) is 0 Å². The normalized spacial score (nSPS) is 10.8. The standard InChI is InChI=1S/C24H20ClN3O3S/c1-2-31-17-13-11-16(12-14-17)26-22(29)15-32-24-27-20-9-5-3-7-18(20)23(30)28(24)21-10-6-4-8-19(21)25/h3-14H,2,15H2,1H3,(H,26,29). The van der Waals surface area contributed by atoms with Crippen LogP contribution in [0.5, 0.6) is 5.75 Å². The lowest BCUT2D eigenvalue weighted by Crippen LogP contribution is -2.23. The molecule has 1 aromatic heterocycles. The number of thioether (sulfide) groups is 1. The van der Waals surface area contributed by atoms with Gasteiger partial charge in [0.25, 0.3) is 5.56 Å². The first-order chi connectivity index (χ1) is 15.6. The number of nitrogens with zero attached hydrogens (tertiary/aromatic N) is 2. The third-order valence-corrected chi connectivity index (χ3v) is 5.88. The number of carbonyl (C=O) groups is 1. The van der Waals surface area contributed by atoms with E-state index in [1.807, 2.05) is 13.0 Å². The van der Waals surface area contributed by atoms with Crippen LogP contribution in [0.1, 0.15) is 6.92 Å². The molecule has 1 amide bonds. The monoisotopic (exact) mass is 465 g/mol. The number of amides is 1. The predicted molar refractivity (Wildman–Crippen MR) is 129 cm³/mol. The Morgan fingerprint density at radius 3 is 2.53 bits per heavy atom. The molecule has 0 spiro atoms. The van der Waals surface area contributed by atoms with E-state index in [1.54, 1.807) is 66.7 Å². The summed E-state index contributed by atoms with van der Waals surface area (Å²) in [5, 5.41) is 4.15. The molecule has 1 N–H and O–H groups in total. The van der Waals surface area contributed by atoms with E-state index in [4.69, 9.17) is 16.3 Å². The summed E-state index contributed by atoms with van der Waals surface area (Å²) >= 11 is 7.55. The summed E-state index contributed by atoms with van der Waals surface area (Å²) in [6, 6.07) is 21.3. The van der Waals surface area contributed by atoms with Crippen molar-refractivity contribution < 1.29 is 9.53 Å². The fourth-order valence-corrected chi connectivity index (χ4v) is 4.21. The highest BCUT2D eigenvalue weighted by Crippen LogP contribution is 2.26. The molecule has 8 heteroatoms. The molecular weight excluding hydrogens is 446 g/mol. The van der Waals surface area contributed by atoms with Crippen LogP contribution in [0.25, 0.3) is 16.6 Å². The highest BCUT2D eigenvalue weighted by molar-refractivity contribution is 7.99. The summed E-state index contributed by atoms with van der Waals surface area (Å²) in [5.41, 5.74) is 1.51. The molecule has 32 heavy (non-hydrogen) atoms. The lowest BCUT2D eigenvalue weighted by atomic mass is 10.2. The summed E-state index contributed by atoms with van der Waals surface area (Å²) < 4.78 is 6.87. The maximum absolute atomic E-state index is 13.3. The average molecular weight is 466 g/mol. The van der Waals surface area contributed by atoms with Gasteiger partial charge in [0.15, 0.2) is 5.16 Å². The van der Waals surface area contributed by atoms with Gasteiger partial charge < -0.3 is 10.1 Å². The van der Waals surface area contributed by atoms with Crippen LogP contribution in [0.15, 0.2) is 82.7 Å². The number of ether oxygens (including phenoxy) is 1. The molecule has 0 aliphatic rings. The van der Waals surface area contributed by atoms with Crippen LogP contribution in [0.2, 0.25) is 5.02 Å². The summed E-state index contributed by atoms with van der Waals surface area (Å²) in [4.78, 5) is 30.5. The molecule has 0 saturated carbocycles. The second-order valence-corrected chi connectivity index (χ2v) is 8.15. The molecule has 4 aromatic rings. The van der Waals surface area contributed by atoms with Crippen molar-refractivity contribution in [2.75, 3.05) is 17.7 Å². The van der Waals surface area contributed by atoms with Gasteiger partial charge in [-0.1, -0.05) is 47.6 Å². The second-order valence-electron chi connectivity index (χ2n) is 6.80. The Bertz CT molecular complexity index is 1320. The Morgan fingerprint density at radius 2 is 1.78 bits per heavy atom. The van der Waals surface area contributed by atoms with Crippen LogP contribution in [0.4, 0.5) is 5.69 Å². The first-order valence-corrected chi connectivity index (χ1v) is 11.4. The molecule has 0 aliphatic heterocycles. The van der Waals surface area contributed by atoms with Gasteiger partial charge in [-0.3, -0.25) is 14.2 Å². The van der Waals surface area contributed by atoms with E-state index in [0.29, 0.717) is 39.1 Å². The van der Waals surface area contributed by atoms with Crippen LogP contribution in [-0.2, 0) is 4.79 Å². The number of hydrogen-bond donors (Lipinski definition) is 1. The lowest BCUT2D eigenvalue weighted by molar-refractivity contribution is -0.113. The number of fused-ring (bicyclic) bond motifs is 1. The number of aromatic nitrogens is 2. The summed E-state index contributed by atoms with van der Waals surface area (Å²) in [5.74, 6) is 0.596. The molecule has 0 unspecified atom stereocenters. The van der Waals surface area contributed by atoms with Crippen molar-refractivity contribution in [3.63, 3.8) is 0 Å². The molecule has 0 bridgehead atoms. The zero-order valence-corrected chi connectivity index (χ0v) is 18.8. The van der Waals surface area contributed by atoms with Crippen molar-refractivity contribution in [1.82, 2.24) is 9.55 Å². The summed E-state index contributed by atoms with van der Waals surface area (Å²) in [7, 11) is 0. The third kappa shape index (κ3) is 4.79. The van der Waals surface area contributed by atoms with Crippen LogP contribution in [-0.4, -0.2) is 27.8 Å². The number of carbonyl (C=O) groups excluding carboxylic acids is 1. The van der Waals surface area contributed by atoms with Gasteiger partial charge in [-0.05, 0) is 55.5 Å². The van der Waals surface area contributed by atoms with Gasteiger partial charge in [-0.25, -0.2) is 4.98 Å². The number of rotatable bonds is 7. The second kappa shape index (κ2) is 9.89. The number of hydrogen-bond acceptors (Lipinski definition) is 5.